The van der Waals surface area contributed by atoms with Crippen LogP contribution in [0.15, 0.2) is 53.6 Å². The minimum Gasteiger partial charge on any atom is -0.496 e. The first kappa shape index (κ1) is 21.2. The summed E-state index contributed by atoms with van der Waals surface area (Å²) in [5.74, 6) is 0.675. The minimum atomic E-state index is -0.420. The fourth-order valence-electron chi connectivity index (χ4n) is 4.16. The molecule has 170 valence electrons. The van der Waals surface area contributed by atoms with Gasteiger partial charge in [0.15, 0.2) is 0 Å². The number of nitriles is 1. The van der Waals surface area contributed by atoms with E-state index in [0.29, 0.717) is 52.3 Å². The quantitative estimate of drug-likeness (QED) is 0.404. The molecule has 0 aliphatic rings. The number of benzene rings is 2. The Kier molecular flexibility index (Phi) is 5.22. The summed E-state index contributed by atoms with van der Waals surface area (Å²) in [6.07, 6.45) is 1.45. The lowest BCUT2D eigenvalue weighted by Crippen LogP contribution is -2.13. The van der Waals surface area contributed by atoms with Crippen LogP contribution >= 0.6 is 0 Å². The van der Waals surface area contributed by atoms with Gasteiger partial charge in [-0.2, -0.15) is 5.26 Å². The molecule has 0 atom stereocenters. The van der Waals surface area contributed by atoms with Crippen molar-refractivity contribution < 1.29 is 9.13 Å². The van der Waals surface area contributed by atoms with Crippen molar-refractivity contribution in [2.24, 2.45) is 7.05 Å². The first-order chi connectivity index (χ1) is 16.5. The smallest absolute Gasteiger partial charge is 0.271 e. The van der Waals surface area contributed by atoms with Crippen LogP contribution in [-0.4, -0.2) is 38.0 Å². The highest BCUT2D eigenvalue weighted by Crippen LogP contribution is 2.31. The molecule has 2 aromatic carbocycles. The van der Waals surface area contributed by atoms with Crippen molar-refractivity contribution in [3.63, 3.8) is 0 Å². The lowest BCUT2D eigenvalue weighted by atomic mass is 10.1. The Morgan fingerprint density at radius 2 is 2.03 bits per heavy atom. The lowest BCUT2D eigenvalue weighted by molar-refractivity contribution is 0.419. The molecule has 0 amide bonds. The predicted octanol–water partition coefficient (Wildman–Crippen LogP) is 3.41. The van der Waals surface area contributed by atoms with Crippen molar-refractivity contribution in [1.29, 1.82) is 5.26 Å². The summed E-state index contributed by atoms with van der Waals surface area (Å²) in [4.78, 5) is 20.6. The maximum Gasteiger partial charge on any atom is 0.271 e. The van der Waals surface area contributed by atoms with E-state index in [9.17, 15) is 14.4 Å². The van der Waals surface area contributed by atoms with E-state index < -0.39 is 5.82 Å². The van der Waals surface area contributed by atoms with Gasteiger partial charge in [0, 0.05) is 37.2 Å². The number of aromatic amines is 1. The van der Waals surface area contributed by atoms with Crippen LogP contribution in [0.3, 0.4) is 0 Å². The third kappa shape index (κ3) is 3.53. The first-order valence-electron chi connectivity index (χ1n) is 10.5. The van der Waals surface area contributed by atoms with Crippen LogP contribution in [0.25, 0.3) is 33.1 Å². The molecule has 3 heterocycles. The highest BCUT2D eigenvalue weighted by Gasteiger charge is 2.16. The number of methoxy groups -OCH3 is 1. The van der Waals surface area contributed by atoms with Crippen molar-refractivity contribution in [2.45, 2.75) is 6.54 Å². The molecule has 2 N–H and O–H groups in total. The Bertz CT molecular complexity index is 1640. The van der Waals surface area contributed by atoms with Crippen molar-refractivity contribution >= 4 is 27.6 Å². The van der Waals surface area contributed by atoms with E-state index in [-0.39, 0.29) is 5.56 Å². The normalized spacial score (nSPS) is 11.1. The highest BCUT2D eigenvalue weighted by molar-refractivity contribution is 5.89. The molecule has 0 aliphatic heterocycles. The van der Waals surface area contributed by atoms with Crippen molar-refractivity contribution in [3.8, 4) is 23.1 Å². The number of rotatable bonds is 6. The summed E-state index contributed by atoms with van der Waals surface area (Å²) in [7, 11) is 3.29. The molecule has 9 nitrogen and oxygen atoms in total. The molecule has 10 heteroatoms. The van der Waals surface area contributed by atoms with Gasteiger partial charge in [-0.05, 0) is 30.3 Å². The Labute approximate surface area is 193 Å². The molecule has 0 unspecified atom stereocenters. The van der Waals surface area contributed by atoms with Gasteiger partial charge in [0.1, 0.15) is 35.5 Å². The van der Waals surface area contributed by atoms with Gasteiger partial charge in [0.05, 0.1) is 29.2 Å². The van der Waals surface area contributed by atoms with Gasteiger partial charge in [-0.25, -0.2) is 14.4 Å². The highest BCUT2D eigenvalue weighted by atomic mass is 19.1. The molecule has 5 aromatic rings. The maximum absolute atomic E-state index is 14.6. The van der Waals surface area contributed by atoms with E-state index in [2.05, 4.69) is 26.5 Å². The second kappa shape index (κ2) is 8.37. The van der Waals surface area contributed by atoms with Gasteiger partial charge in [0.2, 0.25) is 0 Å². The molecule has 0 radical (unpaired) electrons. The molecule has 0 aliphatic carbocycles. The number of anilines is 1. The summed E-state index contributed by atoms with van der Waals surface area (Å²) < 4.78 is 23.2. The second-order valence-corrected chi connectivity index (χ2v) is 7.75. The molecular weight excluding hydrogens is 437 g/mol. The number of hydrogen-bond acceptors (Lipinski definition) is 6. The van der Waals surface area contributed by atoms with E-state index in [1.54, 1.807) is 40.6 Å². The van der Waals surface area contributed by atoms with Crippen LogP contribution in [0.5, 0.6) is 5.75 Å². The Morgan fingerprint density at radius 3 is 2.82 bits per heavy atom. The monoisotopic (exact) mass is 457 g/mol. The average Bonchev–Trinajstić information content (AvgIpc) is 3.36. The zero-order chi connectivity index (χ0) is 23.8. The minimum absolute atomic E-state index is 0.141. The van der Waals surface area contributed by atoms with Crippen LogP contribution in [0.1, 0.15) is 5.69 Å². The number of ether oxygens (including phenoxy) is 1. The zero-order valence-corrected chi connectivity index (χ0v) is 18.5. The van der Waals surface area contributed by atoms with Gasteiger partial charge in [-0.15, -0.1) is 0 Å². The number of fused-ring (bicyclic) bond motifs is 2. The van der Waals surface area contributed by atoms with Crippen LogP contribution in [0.2, 0.25) is 0 Å². The van der Waals surface area contributed by atoms with Gasteiger partial charge in [-0.1, -0.05) is 6.07 Å². The first-order valence-corrected chi connectivity index (χ1v) is 10.5. The fourth-order valence-corrected chi connectivity index (χ4v) is 4.16. The van der Waals surface area contributed by atoms with E-state index in [1.807, 2.05) is 12.1 Å². The summed E-state index contributed by atoms with van der Waals surface area (Å²) in [5, 5.41) is 16.7. The molecule has 0 spiro atoms. The largest absolute Gasteiger partial charge is 0.496 e. The summed E-state index contributed by atoms with van der Waals surface area (Å²) in [6.45, 7) is 0.740. The van der Waals surface area contributed by atoms with Crippen molar-refractivity contribution in [2.75, 3.05) is 19.0 Å². The molecule has 5 rings (SSSR count). The number of hydrogen-bond donors (Lipinski definition) is 2. The Morgan fingerprint density at radius 1 is 1.18 bits per heavy atom. The Balaban J connectivity index is 1.39. The topological polar surface area (TPSA) is 114 Å². The standard InChI is InChI=1S/C24H20FN7O2/c1-31-20-9-14(3-4-16(20)24(33)30-31)19-11-22(29-13-28-19)27-7-8-32-15(12-26)10-17-21(34-2)6-5-18(25)23(17)32/h3-6,9-11,13H,7-8H2,1-2H3,(H,30,33)(H,27,28,29). The third-order valence-corrected chi connectivity index (χ3v) is 5.78. The average molecular weight is 457 g/mol. The number of aryl methyl sites for hydroxylation is 1. The van der Waals surface area contributed by atoms with Crippen molar-refractivity contribution in [1.82, 2.24) is 24.3 Å². The van der Waals surface area contributed by atoms with Gasteiger partial charge < -0.3 is 14.6 Å². The molecular formula is C24H20FN7O2. The van der Waals surface area contributed by atoms with E-state index in [1.165, 1.54) is 19.5 Å². The third-order valence-electron chi connectivity index (χ3n) is 5.78. The maximum atomic E-state index is 14.6. The Hall–Kier alpha value is -4.65. The van der Waals surface area contributed by atoms with E-state index in [4.69, 9.17) is 4.74 Å². The molecule has 0 bridgehead atoms. The number of H-pyrrole nitrogens is 1. The van der Waals surface area contributed by atoms with Gasteiger partial charge in [0.25, 0.3) is 5.56 Å². The van der Waals surface area contributed by atoms with Crippen LogP contribution in [-0.2, 0) is 13.6 Å². The summed E-state index contributed by atoms with van der Waals surface area (Å²) >= 11 is 0. The summed E-state index contributed by atoms with van der Waals surface area (Å²) in [5.41, 5.74) is 2.83. The molecule has 34 heavy (non-hydrogen) atoms. The number of nitrogens with zero attached hydrogens (tertiary/aromatic N) is 5. The molecule has 0 saturated carbocycles. The number of aromatic nitrogens is 5. The van der Waals surface area contributed by atoms with Crippen LogP contribution in [0, 0.1) is 17.1 Å². The van der Waals surface area contributed by atoms with Crippen molar-refractivity contribution in [3.05, 3.63) is 70.7 Å². The van der Waals surface area contributed by atoms with E-state index >= 15 is 0 Å². The lowest BCUT2D eigenvalue weighted by Gasteiger charge is -2.11. The fraction of sp³-hybridized carbons (Fsp3) is 0.167. The zero-order valence-electron chi connectivity index (χ0n) is 18.5. The molecule has 3 aromatic heterocycles. The molecule has 0 fully saturated rings. The number of halogens is 1. The van der Waals surface area contributed by atoms with Gasteiger partial charge in [-0.3, -0.25) is 14.6 Å². The van der Waals surface area contributed by atoms with E-state index in [0.717, 1.165) is 11.1 Å². The van der Waals surface area contributed by atoms with Crippen LogP contribution < -0.4 is 15.6 Å². The van der Waals surface area contributed by atoms with Gasteiger partial charge >= 0.3 is 0 Å². The second-order valence-electron chi connectivity index (χ2n) is 7.75. The summed E-state index contributed by atoms with van der Waals surface area (Å²) in [6, 6.07) is 13.9. The molecule has 0 saturated heterocycles. The number of nitrogens with one attached hydrogen (secondary N) is 2. The predicted molar refractivity (Wildman–Crippen MR) is 126 cm³/mol. The SMILES string of the molecule is COc1ccc(F)c2c1cc(C#N)n2CCNc1cc(-c2ccc3c(=O)[nH]n(C)c3c2)ncn1. The van der Waals surface area contributed by atoms with Crippen LogP contribution in [0.4, 0.5) is 10.2 Å².